The van der Waals surface area contributed by atoms with Gasteiger partial charge in [-0.2, -0.15) is 0 Å². The zero-order valence-corrected chi connectivity index (χ0v) is 9.73. The maximum atomic E-state index is 12.5. The summed E-state index contributed by atoms with van der Waals surface area (Å²) < 4.78 is 25.1. The highest BCUT2D eigenvalue weighted by Gasteiger charge is 2.09. The first-order chi connectivity index (χ1) is 8.58. The average molecular weight is 247 g/mol. The fourth-order valence-corrected chi connectivity index (χ4v) is 1.64. The van der Waals surface area contributed by atoms with Gasteiger partial charge in [-0.05, 0) is 30.2 Å². The molecule has 1 heterocycles. The van der Waals surface area contributed by atoms with Crippen molar-refractivity contribution in [2.75, 3.05) is 0 Å². The average Bonchev–Trinajstić information content (AvgIpc) is 2.39. The van der Waals surface area contributed by atoms with E-state index in [1.54, 1.807) is 30.3 Å². The van der Waals surface area contributed by atoms with Crippen LogP contribution < -0.4 is 0 Å². The quantitative estimate of drug-likeness (QED) is 0.770. The molecule has 0 aliphatic carbocycles. The number of rotatable bonds is 3. The molecule has 2 nitrogen and oxygen atoms in total. The largest absolute Gasteiger partial charge is 0.295 e. The molecule has 0 aliphatic heterocycles. The molecule has 0 radical (unpaired) electrons. The normalized spacial score (nSPS) is 10.7. The summed E-state index contributed by atoms with van der Waals surface area (Å²) >= 11 is 0. The fourth-order valence-electron chi connectivity index (χ4n) is 1.64. The number of benzene rings is 1. The van der Waals surface area contributed by atoms with E-state index in [1.165, 1.54) is 19.2 Å². The van der Waals surface area contributed by atoms with Gasteiger partial charge in [0.05, 0.1) is 0 Å². The molecular formula is C14H11F2NO. The number of carbonyl (C=O) groups excluding carboxylic acids is 1. The number of halogens is 2. The molecule has 0 fully saturated rings. The number of alkyl halides is 2. The number of Topliss-reactive ketones (excluding diaryl/α,β-unsaturated/α-hetero) is 1. The van der Waals surface area contributed by atoms with Gasteiger partial charge in [-0.1, -0.05) is 24.3 Å². The van der Waals surface area contributed by atoms with Crippen molar-refractivity contribution in [2.24, 2.45) is 0 Å². The van der Waals surface area contributed by atoms with E-state index in [0.29, 0.717) is 11.1 Å². The smallest absolute Gasteiger partial charge is 0.280 e. The molecule has 2 aromatic rings. The van der Waals surface area contributed by atoms with Crippen LogP contribution in [0.4, 0.5) is 8.78 Å². The van der Waals surface area contributed by atoms with Crippen LogP contribution in [-0.4, -0.2) is 10.8 Å². The Labute approximate surface area is 103 Å². The lowest BCUT2D eigenvalue weighted by Crippen LogP contribution is -1.92. The number of ketones is 1. The van der Waals surface area contributed by atoms with Gasteiger partial charge < -0.3 is 0 Å². The minimum atomic E-state index is -2.58. The summed E-state index contributed by atoms with van der Waals surface area (Å²) in [7, 11) is 0. The van der Waals surface area contributed by atoms with Crippen molar-refractivity contribution < 1.29 is 13.6 Å². The first-order valence-electron chi connectivity index (χ1n) is 5.43. The summed E-state index contributed by atoms with van der Waals surface area (Å²) in [5, 5.41) is 0. The highest BCUT2D eigenvalue weighted by Crippen LogP contribution is 2.24. The minimum Gasteiger partial charge on any atom is -0.295 e. The fraction of sp³-hybridized carbons (Fsp3) is 0.143. The molecule has 0 aliphatic rings. The molecule has 18 heavy (non-hydrogen) atoms. The van der Waals surface area contributed by atoms with Crippen molar-refractivity contribution in [3.05, 3.63) is 53.9 Å². The molecule has 0 amide bonds. The third kappa shape index (κ3) is 2.59. The van der Waals surface area contributed by atoms with Gasteiger partial charge in [0.15, 0.2) is 5.78 Å². The van der Waals surface area contributed by atoms with Crippen molar-refractivity contribution in [3.63, 3.8) is 0 Å². The van der Waals surface area contributed by atoms with Gasteiger partial charge in [0.2, 0.25) is 0 Å². The van der Waals surface area contributed by atoms with Crippen LogP contribution in [-0.2, 0) is 0 Å². The topological polar surface area (TPSA) is 30.0 Å². The van der Waals surface area contributed by atoms with Gasteiger partial charge in [0.25, 0.3) is 6.43 Å². The highest BCUT2D eigenvalue weighted by atomic mass is 19.3. The molecule has 0 atom stereocenters. The standard InChI is InChI=1S/C14H11F2NO/c1-9(18)10-2-4-11(5-3-10)12-6-7-17-13(8-12)14(15)16/h2-8,14H,1H3. The SMILES string of the molecule is CC(=O)c1ccc(-c2ccnc(C(F)F)c2)cc1. The minimum absolute atomic E-state index is 0.0236. The summed E-state index contributed by atoms with van der Waals surface area (Å²) in [5.41, 5.74) is 1.80. The Kier molecular flexibility index (Phi) is 3.46. The molecule has 92 valence electrons. The van der Waals surface area contributed by atoms with Crippen LogP contribution in [0, 0.1) is 0 Å². The lowest BCUT2D eigenvalue weighted by atomic mass is 10.0. The summed E-state index contributed by atoms with van der Waals surface area (Å²) in [6, 6.07) is 9.85. The molecule has 0 bridgehead atoms. The number of nitrogens with zero attached hydrogens (tertiary/aromatic N) is 1. The predicted octanol–water partition coefficient (Wildman–Crippen LogP) is 3.89. The van der Waals surface area contributed by atoms with E-state index in [0.717, 1.165) is 5.56 Å². The van der Waals surface area contributed by atoms with Gasteiger partial charge in [-0.3, -0.25) is 9.78 Å². The second-order valence-electron chi connectivity index (χ2n) is 3.90. The van der Waals surface area contributed by atoms with Crippen LogP contribution in [0.15, 0.2) is 42.6 Å². The van der Waals surface area contributed by atoms with E-state index in [-0.39, 0.29) is 11.5 Å². The maximum absolute atomic E-state index is 12.5. The molecule has 0 unspecified atom stereocenters. The summed E-state index contributed by atoms with van der Waals surface area (Å²) in [6.07, 6.45) is -1.23. The van der Waals surface area contributed by atoms with E-state index in [9.17, 15) is 13.6 Å². The van der Waals surface area contributed by atoms with Crippen LogP contribution in [0.2, 0.25) is 0 Å². The predicted molar refractivity (Wildman–Crippen MR) is 64.6 cm³/mol. The second kappa shape index (κ2) is 5.04. The number of hydrogen-bond acceptors (Lipinski definition) is 2. The van der Waals surface area contributed by atoms with E-state index in [1.807, 2.05) is 0 Å². The Morgan fingerprint density at radius 2 is 1.78 bits per heavy atom. The number of carbonyl (C=O) groups is 1. The lowest BCUT2D eigenvalue weighted by molar-refractivity contribution is 0.101. The lowest BCUT2D eigenvalue weighted by Gasteiger charge is -2.05. The van der Waals surface area contributed by atoms with Crippen molar-refractivity contribution in [3.8, 4) is 11.1 Å². The number of aromatic nitrogens is 1. The zero-order valence-electron chi connectivity index (χ0n) is 9.73. The zero-order chi connectivity index (χ0) is 13.1. The van der Waals surface area contributed by atoms with Crippen LogP contribution in [0.25, 0.3) is 11.1 Å². The second-order valence-corrected chi connectivity index (χ2v) is 3.90. The maximum Gasteiger partial charge on any atom is 0.280 e. The Bertz CT molecular complexity index is 564. The highest BCUT2D eigenvalue weighted by molar-refractivity contribution is 5.94. The first-order valence-corrected chi connectivity index (χ1v) is 5.43. The van der Waals surface area contributed by atoms with Crippen LogP contribution in [0.5, 0.6) is 0 Å². The number of hydrogen-bond donors (Lipinski definition) is 0. The molecule has 1 aromatic heterocycles. The van der Waals surface area contributed by atoms with Crippen molar-refractivity contribution >= 4 is 5.78 Å². The van der Waals surface area contributed by atoms with E-state index in [4.69, 9.17) is 0 Å². The molecule has 0 N–H and O–H groups in total. The summed E-state index contributed by atoms with van der Waals surface area (Å²) in [5.74, 6) is -0.0236. The molecule has 0 saturated carbocycles. The monoisotopic (exact) mass is 247 g/mol. The van der Waals surface area contributed by atoms with Gasteiger partial charge in [-0.15, -0.1) is 0 Å². The number of pyridine rings is 1. The van der Waals surface area contributed by atoms with Crippen molar-refractivity contribution in [2.45, 2.75) is 13.3 Å². The van der Waals surface area contributed by atoms with Gasteiger partial charge in [0, 0.05) is 11.8 Å². The van der Waals surface area contributed by atoms with Gasteiger partial charge in [-0.25, -0.2) is 8.78 Å². The third-order valence-electron chi connectivity index (χ3n) is 2.63. The van der Waals surface area contributed by atoms with Crippen molar-refractivity contribution in [1.82, 2.24) is 4.98 Å². The molecule has 1 aromatic carbocycles. The Morgan fingerprint density at radius 3 is 2.33 bits per heavy atom. The Balaban J connectivity index is 2.36. The van der Waals surface area contributed by atoms with Crippen LogP contribution in [0.3, 0.4) is 0 Å². The molecule has 0 saturated heterocycles. The van der Waals surface area contributed by atoms with Crippen LogP contribution in [0.1, 0.15) is 29.4 Å². The van der Waals surface area contributed by atoms with Crippen LogP contribution >= 0.6 is 0 Å². The Hall–Kier alpha value is -2.10. The van der Waals surface area contributed by atoms with Gasteiger partial charge >= 0.3 is 0 Å². The van der Waals surface area contributed by atoms with Crippen molar-refractivity contribution in [1.29, 1.82) is 0 Å². The summed E-state index contributed by atoms with van der Waals surface area (Å²) in [4.78, 5) is 14.7. The summed E-state index contributed by atoms with van der Waals surface area (Å²) in [6.45, 7) is 1.48. The molecular weight excluding hydrogens is 236 g/mol. The van der Waals surface area contributed by atoms with E-state index >= 15 is 0 Å². The van der Waals surface area contributed by atoms with E-state index in [2.05, 4.69) is 4.98 Å². The third-order valence-corrected chi connectivity index (χ3v) is 2.63. The molecule has 4 heteroatoms. The molecule has 0 spiro atoms. The Morgan fingerprint density at radius 1 is 1.11 bits per heavy atom. The first kappa shape index (κ1) is 12.4. The van der Waals surface area contributed by atoms with Gasteiger partial charge in [0.1, 0.15) is 5.69 Å². The van der Waals surface area contributed by atoms with E-state index < -0.39 is 6.43 Å². The molecule has 2 rings (SSSR count).